The van der Waals surface area contributed by atoms with Crippen LogP contribution >= 0.6 is 0 Å². The van der Waals surface area contributed by atoms with Crippen LogP contribution in [0.1, 0.15) is 35.1 Å². The van der Waals surface area contributed by atoms with Crippen LogP contribution in [0, 0.1) is 11.3 Å². The highest BCUT2D eigenvalue weighted by Gasteiger charge is 2.31. The van der Waals surface area contributed by atoms with E-state index in [4.69, 9.17) is 14.2 Å². The van der Waals surface area contributed by atoms with Crippen molar-refractivity contribution in [3.8, 4) is 34.4 Å². The normalized spacial score (nSPS) is 14.8. The minimum absolute atomic E-state index is 0.265. The van der Waals surface area contributed by atoms with Crippen molar-refractivity contribution in [2.24, 2.45) is 0 Å². The van der Waals surface area contributed by atoms with E-state index in [-0.39, 0.29) is 6.61 Å². The largest absolute Gasteiger partial charge is 0.496 e. The second-order valence-corrected chi connectivity index (χ2v) is 9.99. The van der Waals surface area contributed by atoms with Crippen molar-refractivity contribution in [1.29, 1.82) is 5.26 Å². The fourth-order valence-electron chi connectivity index (χ4n) is 5.24. The molecule has 4 aromatic carbocycles. The van der Waals surface area contributed by atoms with E-state index in [0.29, 0.717) is 36.6 Å². The molecule has 1 saturated heterocycles. The number of nitrogens with zero attached hydrogens (tertiary/aromatic N) is 2. The average Bonchev–Trinajstić information content (AvgIpc) is 3.48. The van der Waals surface area contributed by atoms with Gasteiger partial charge in [-0.15, -0.1) is 0 Å². The molecule has 0 unspecified atom stereocenters. The van der Waals surface area contributed by atoms with Gasteiger partial charge in [-0.1, -0.05) is 66.7 Å². The first-order chi connectivity index (χ1) is 20.1. The van der Waals surface area contributed by atoms with Gasteiger partial charge in [-0.2, -0.15) is 5.26 Å². The maximum absolute atomic E-state index is 11.8. The van der Waals surface area contributed by atoms with E-state index >= 15 is 0 Å². The molecule has 5 rings (SSSR count). The Morgan fingerprint density at radius 3 is 2.56 bits per heavy atom. The Hall–Kier alpha value is -4.80. The molecule has 0 aliphatic carbocycles. The Morgan fingerprint density at radius 2 is 1.78 bits per heavy atom. The number of rotatable bonds is 11. The van der Waals surface area contributed by atoms with Gasteiger partial charge in [0.05, 0.1) is 18.7 Å². The maximum Gasteiger partial charge on any atom is 0.320 e. The molecule has 0 amide bonds. The zero-order valence-electron chi connectivity index (χ0n) is 23.0. The predicted molar refractivity (Wildman–Crippen MR) is 156 cm³/mol. The highest BCUT2D eigenvalue weighted by atomic mass is 16.5. The molecule has 7 heteroatoms. The van der Waals surface area contributed by atoms with E-state index in [1.165, 1.54) is 0 Å². The second kappa shape index (κ2) is 13.0. The molecule has 1 fully saturated rings. The van der Waals surface area contributed by atoms with Crippen molar-refractivity contribution in [2.45, 2.75) is 38.6 Å². The molecule has 1 heterocycles. The number of ether oxygens (including phenoxy) is 3. The molecule has 1 atom stereocenters. The summed E-state index contributed by atoms with van der Waals surface area (Å²) in [4.78, 5) is 13.7. The van der Waals surface area contributed by atoms with Crippen LogP contribution in [0.2, 0.25) is 0 Å². The van der Waals surface area contributed by atoms with Gasteiger partial charge < -0.3 is 19.3 Å². The van der Waals surface area contributed by atoms with Gasteiger partial charge in [-0.05, 0) is 48.7 Å². The van der Waals surface area contributed by atoms with Crippen LogP contribution in [0.25, 0.3) is 11.1 Å². The molecule has 1 N–H and O–H groups in total. The Morgan fingerprint density at radius 1 is 0.951 bits per heavy atom. The van der Waals surface area contributed by atoms with E-state index in [9.17, 15) is 15.2 Å². The van der Waals surface area contributed by atoms with Crippen molar-refractivity contribution in [2.75, 3.05) is 13.7 Å². The van der Waals surface area contributed by atoms with Crippen molar-refractivity contribution >= 4 is 5.97 Å². The second-order valence-electron chi connectivity index (χ2n) is 9.99. The van der Waals surface area contributed by atoms with E-state index in [1.54, 1.807) is 19.2 Å². The Labute approximate surface area is 240 Å². The molecule has 0 aromatic heterocycles. The molecule has 1 aliphatic heterocycles. The molecule has 0 bridgehead atoms. The van der Waals surface area contributed by atoms with Gasteiger partial charge in [-0.25, -0.2) is 0 Å². The number of methoxy groups -OCH3 is 1. The Bertz CT molecular complexity index is 1550. The lowest BCUT2D eigenvalue weighted by molar-refractivity contribution is -0.142. The fraction of sp³-hybridized carbons (Fsp3) is 0.235. The highest BCUT2D eigenvalue weighted by Crippen LogP contribution is 2.35. The molecule has 0 radical (unpaired) electrons. The van der Waals surface area contributed by atoms with Gasteiger partial charge in [0.2, 0.25) is 0 Å². The molecular weight excluding hydrogens is 516 g/mol. The van der Waals surface area contributed by atoms with Crippen LogP contribution in [0.3, 0.4) is 0 Å². The van der Waals surface area contributed by atoms with E-state index in [2.05, 4.69) is 6.07 Å². The lowest BCUT2D eigenvalue weighted by Gasteiger charge is -2.23. The minimum atomic E-state index is -0.801. The number of likely N-dealkylation sites (tertiary alicyclic amines) is 1. The number of carbonyl (C=O) groups is 1. The van der Waals surface area contributed by atoms with Crippen molar-refractivity contribution in [1.82, 2.24) is 4.90 Å². The van der Waals surface area contributed by atoms with Gasteiger partial charge in [-0.3, -0.25) is 9.69 Å². The lowest BCUT2D eigenvalue weighted by Crippen LogP contribution is -2.35. The maximum atomic E-state index is 11.8. The minimum Gasteiger partial charge on any atom is -0.496 e. The number of hydrogen-bond acceptors (Lipinski definition) is 6. The van der Waals surface area contributed by atoms with Crippen LogP contribution in [-0.4, -0.2) is 35.7 Å². The number of benzene rings is 4. The average molecular weight is 549 g/mol. The number of para-hydroxylation sites is 1. The smallest absolute Gasteiger partial charge is 0.320 e. The van der Waals surface area contributed by atoms with E-state index in [0.717, 1.165) is 46.5 Å². The number of carboxylic acids is 1. The summed E-state index contributed by atoms with van der Waals surface area (Å²) in [5, 5.41) is 18.9. The summed E-state index contributed by atoms with van der Waals surface area (Å²) in [6, 6.07) is 30.7. The molecule has 7 nitrogen and oxygen atoms in total. The zero-order valence-corrected chi connectivity index (χ0v) is 23.0. The summed E-state index contributed by atoms with van der Waals surface area (Å²) < 4.78 is 18.3. The SMILES string of the molecule is COc1c(COc2ccc(CN3CCC[C@@H]3C(=O)O)c(OCc3cccc(C#N)c3)c2)cccc1-c1ccccc1. The van der Waals surface area contributed by atoms with Crippen LogP contribution in [0.15, 0.2) is 91.0 Å². The summed E-state index contributed by atoms with van der Waals surface area (Å²) in [5.74, 6) is 1.20. The topological polar surface area (TPSA) is 92.0 Å². The lowest BCUT2D eigenvalue weighted by atomic mass is 10.0. The van der Waals surface area contributed by atoms with Crippen LogP contribution in [0.4, 0.5) is 0 Å². The number of hydrogen-bond donors (Lipinski definition) is 1. The van der Waals surface area contributed by atoms with Gasteiger partial charge in [0.25, 0.3) is 0 Å². The summed E-state index contributed by atoms with van der Waals surface area (Å²) >= 11 is 0. The fourth-order valence-corrected chi connectivity index (χ4v) is 5.24. The zero-order chi connectivity index (χ0) is 28.6. The molecule has 4 aromatic rings. The van der Waals surface area contributed by atoms with Crippen LogP contribution in [-0.2, 0) is 24.6 Å². The highest BCUT2D eigenvalue weighted by molar-refractivity contribution is 5.74. The first-order valence-corrected chi connectivity index (χ1v) is 13.6. The molecule has 41 heavy (non-hydrogen) atoms. The van der Waals surface area contributed by atoms with Crippen LogP contribution < -0.4 is 14.2 Å². The van der Waals surface area contributed by atoms with E-state index < -0.39 is 12.0 Å². The Kier molecular flexibility index (Phi) is 8.82. The third-order valence-corrected chi connectivity index (χ3v) is 7.29. The molecule has 208 valence electrons. The Balaban J connectivity index is 1.38. The van der Waals surface area contributed by atoms with Crippen LogP contribution in [0.5, 0.6) is 17.2 Å². The molecule has 0 spiro atoms. The predicted octanol–water partition coefficient (Wildman–Crippen LogP) is 6.44. The first-order valence-electron chi connectivity index (χ1n) is 13.6. The monoisotopic (exact) mass is 548 g/mol. The molecular formula is C34H32N2O5. The van der Waals surface area contributed by atoms with Gasteiger partial charge >= 0.3 is 5.97 Å². The summed E-state index contributed by atoms with van der Waals surface area (Å²) in [6.07, 6.45) is 1.48. The third-order valence-electron chi connectivity index (χ3n) is 7.29. The number of aliphatic carboxylic acids is 1. The summed E-state index contributed by atoms with van der Waals surface area (Å²) in [6.45, 7) is 1.73. The van der Waals surface area contributed by atoms with Gasteiger partial charge in [0.1, 0.15) is 36.5 Å². The molecule has 0 saturated carbocycles. The summed E-state index contributed by atoms with van der Waals surface area (Å²) in [5.41, 5.74) is 5.28. The summed E-state index contributed by atoms with van der Waals surface area (Å²) in [7, 11) is 1.66. The first kappa shape index (κ1) is 27.8. The van der Waals surface area contributed by atoms with Gasteiger partial charge in [0.15, 0.2) is 0 Å². The number of carboxylic acid groups (broad SMARTS) is 1. The number of nitriles is 1. The molecule has 1 aliphatic rings. The third kappa shape index (κ3) is 6.68. The van der Waals surface area contributed by atoms with Crippen molar-refractivity contribution < 1.29 is 24.1 Å². The quantitative estimate of drug-likeness (QED) is 0.231. The standard InChI is InChI=1S/C34H32N2O5/c1-39-33-28(12-6-13-30(33)26-10-3-2-4-11-26)23-40-29-16-15-27(21-36-17-7-14-31(36)34(37)38)32(19-29)41-22-25-9-5-8-24(18-25)20-35/h2-6,8-13,15-16,18-19,31H,7,14,17,21-23H2,1H3,(H,37,38)/t31-/m1/s1. The van der Waals surface area contributed by atoms with Gasteiger partial charge in [0, 0.05) is 29.3 Å². The van der Waals surface area contributed by atoms with Crippen molar-refractivity contribution in [3.63, 3.8) is 0 Å². The van der Waals surface area contributed by atoms with Crippen molar-refractivity contribution in [3.05, 3.63) is 113 Å². The van der Waals surface area contributed by atoms with E-state index in [1.807, 2.05) is 83.8 Å².